The standard InChI is InChI=1S/C16H11ClF2N4O3S/c1-9-2-3-11(19)7-15(9)27(25,26)21-16(24)13-8-23(22-20-13)14-5-4-10(18)6-12(14)17/h2-8H,1H3,(H,21,24). The zero-order chi connectivity index (χ0) is 19.8. The fraction of sp³-hybridized carbons (Fsp3) is 0.0625. The number of halogens is 3. The molecule has 11 heteroatoms. The van der Waals surface area contributed by atoms with E-state index in [2.05, 4.69) is 10.3 Å². The average Bonchev–Trinajstić information content (AvgIpc) is 3.06. The molecule has 140 valence electrons. The van der Waals surface area contributed by atoms with Gasteiger partial charge in [0.2, 0.25) is 0 Å². The Hall–Kier alpha value is -2.85. The summed E-state index contributed by atoms with van der Waals surface area (Å²) in [6.07, 6.45) is 1.13. The fourth-order valence-electron chi connectivity index (χ4n) is 2.25. The van der Waals surface area contributed by atoms with E-state index in [1.165, 1.54) is 19.1 Å². The minimum atomic E-state index is -4.32. The van der Waals surface area contributed by atoms with Crippen LogP contribution in [0.3, 0.4) is 0 Å². The van der Waals surface area contributed by atoms with Crippen molar-refractivity contribution >= 4 is 27.5 Å². The molecule has 0 aliphatic rings. The molecule has 2 aromatic carbocycles. The van der Waals surface area contributed by atoms with Crippen LogP contribution in [0.1, 0.15) is 16.1 Å². The highest BCUT2D eigenvalue weighted by molar-refractivity contribution is 7.90. The number of hydrogen-bond acceptors (Lipinski definition) is 5. The van der Waals surface area contributed by atoms with Crippen LogP contribution in [0.25, 0.3) is 5.69 Å². The summed E-state index contributed by atoms with van der Waals surface area (Å²) in [4.78, 5) is 11.9. The monoisotopic (exact) mass is 412 g/mol. The Bertz CT molecular complexity index is 1150. The van der Waals surface area contributed by atoms with Gasteiger partial charge in [-0.3, -0.25) is 4.79 Å². The van der Waals surface area contributed by atoms with E-state index in [0.29, 0.717) is 0 Å². The van der Waals surface area contributed by atoms with Gasteiger partial charge in [0.1, 0.15) is 11.6 Å². The predicted octanol–water partition coefficient (Wildman–Crippen LogP) is 2.63. The number of aryl methyl sites for hydroxylation is 1. The number of aromatic nitrogens is 3. The normalized spacial score (nSPS) is 11.4. The van der Waals surface area contributed by atoms with Crippen LogP contribution in [0.2, 0.25) is 5.02 Å². The molecule has 0 bridgehead atoms. The van der Waals surface area contributed by atoms with Crippen LogP contribution in [0.4, 0.5) is 8.78 Å². The van der Waals surface area contributed by atoms with Gasteiger partial charge in [-0.25, -0.2) is 26.6 Å². The van der Waals surface area contributed by atoms with Crippen LogP contribution in [-0.2, 0) is 10.0 Å². The van der Waals surface area contributed by atoms with Gasteiger partial charge in [-0.05, 0) is 42.8 Å². The molecule has 0 saturated heterocycles. The van der Waals surface area contributed by atoms with Crippen molar-refractivity contribution < 1.29 is 22.0 Å². The number of nitrogens with zero attached hydrogens (tertiary/aromatic N) is 3. The maximum Gasteiger partial charge on any atom is 0.287 e. The number of benzene rings is 2. The fourth-order valence-corrected chi connectivity index (χ4v) is 3.72. The quantitative estimate of drug-likeness (QED) is 0.711. The Morgan fingerprint density at radius 3 is 2.52 bits per heavy atom. The molecule has 0 spiro atoms. The molecular formula is C16H11ClF2N4O3S. The summed E-state index contributed by atoms with van der Waals surface area (Å²) in [5.74, 6) is -2.38. The Labute approximate surface area is 157 Å². The molecule has 0 aliphatic carbocycles. The summed E-state index contributed by atoms with van der Waals surface area (Å²) >= 11 is 5.91. The van der Waals surface area contributed by atoms with Crippen LogP contribution in [0.5, 0.6) is 0 Å². The number of carbonyl (C=O) groups excluding carboxylic acids is 1. The Kier molecular flexibility index (Phi) is 4.94. The Morgan fingerprint density at radius 1 is 1.15 bits per heavy atom. The lowest BCUT2D eigenvalue weighted by atomic mass is 10.2. The first kappa shape index (κ1) is 18.9. The largest absolute Gasteiger partial charge is 0.287 e. The minimum absolute atomic E-state index is 0.0230. The third-order valence-corrected chi connectivity index (χ3v) is 5.33. The van der Waals surface area contributed by atoms with E-state index in [1.807, 2.05) is 0 Å². The van der Waals surface area contributed by atoms with E-state index in [-0.39, 0.29) is 26.9 Å². The molecule has 0 unspecified atom stereocenters. The first-order valence-corrected chi connectivity index (χ1v) is 9.24. The molecule has 1 aromatic heterocycles. The lowest BCUT2D eigenvalue weighted by Gasteiger charge is -2.08. The van der Waals surface area contributed by atoms with Gasteiger partial charge >= 0.3 is 0 Å². The molecule has 0 saturated carbocycles. The van der Waals surface area contributed by atoms with Crippen LogP contribution in [-0.4, -0.2) is 29.3 Å². The topological polar surface area (TPSA) is 94.0 Å². The highest BCUT2D eigenvalue weighted by Gasteiger charge is 2.23. The van der Waals surface area contributed by atoms with Crippen molar-refractivity contribution in [3.05, 3.63) is 70.5 Å². The van der Waals surface area contributed by atoms with Crippen molar-refractivity contribution in [1.29, 1.82) is 0 Å². The highest BCUT2D eigenvalue weighted by atomic mass is 35.5. The Balaban J connectivity index is 1.87. The Morgan fingerprint density at radius 2 is 1.81 bits per heavy atom. The molecule has 0 radical (unpaired) electrons. The van der Waals surface area contributed by atoms with E-state index in [0.717, 1.165) is 35.1 Å². The van der Waals surface area contributed by atoms with Crippen molar-refractivity contribution in [3.63, 3.8) is 0 Å². The molecule has 27 heavy (non-hydrogen) atoms. The van der Waals surface area contributed by atoms with E-state index in [4.69, 9.17) is 11.6 Å². The SMILES string of the molecule is Cc1ccc(F)cc1S(=O)(=O)NC(=O)c1cn(-c2ccc(F)cc2Cl)nn1. The van der Waals surface area contributed by atoms with Gasteiger partial charge in [0.05, 0.1) is 21.8 Å². The van der Waals surface area contributed by atoms with Crippen LogP contribution >= 0.6 is 11.6 Å². The molecule has 1 amide bonds. The van der Waals surface area contributed by atoms with Crippen molar-refractivity contribution in [3.8, 4) is 5.69 Å². The van der Waals surface area contributed by atoms with Gasteiger partial charge in [0.25, 0.3) is 15.9 Å². The van der Waals surface area contributed by atoms with Gasteiger partial charge < -0.3 is 0 Å². The van der Waals surface area contributed by atoms with Gasteiger partial charge in [-0.2, -0.15) is 0 Å². The number of amides is 1. The first-order chi connectivity index (χ1) is 12.7. The van der Waals surface area contributed by atoms with E-state index in [1.54, 1.807) is 4.72 Å². The number of rotatable bonds is 4. The van der Waals surface area contributed by atoms with Crippen LogP contribution in [0.15, 0.2) is 47.5 Å². The van der Waals surface area contributed by atoms with Gasteiger partial charge in [-0.1, -0.05) is 22.9 Å². The molecule has 1 N–H and O–H groups in total. The summed E-state index contributed by atoms with van der Waals surface area (Å²) in [5, 5.41) is 7.28. The maximum atomic E-state index is 13.4. The molecular weight excluding hydrogens is 402 g/mol. The number of carbonyl (C=O) groups is 1. The molecule has 0 aliphatic heterocycles. The van der Waals surface area contributed by atoms with Crippen molar-refractivity contribution in [1.82, 2.24) is 19.7 Å². The molecule has 1 heterocycles. The lowest BCUT2D eigenvalue weighted by molar-refractivity contribution is 0.0976. The zero-order valence-electron chi connectivity index (χ0n) is 13.6. The summed E-state index contributed by atoms with van der Waals surface area (Å²) in [6.45, 7) is 1.46. The summed E-state index contributed by atoms with van der Waals surface area (Å²) in [7, 11) is -4.32. The molecule has 3 aromatic rings. The highest BCUT2D eigenvalue weighted by Crippen LogP contribution is 2.21. The summed E-state index contributed by atoms with van der Waals surface area (Å²) in [5.41, 5.74) is 0.180. The summed E-state index contributed by atoms with van der Waals surface area (Å²) in [6, 6.07) is 6.70. The molecule has 0 atom stereocenters. The number of nitrogens with one attached hydrogen (secondary N) is 1. The first-order valence-electron chi connectivity index (χ1n) is 7.38. The molecule has 0 fully saturated rings. The molecule has 3 rings (SSSR count). The van der Waals surface area contributed by atoms with Crippen LogP contribution in [0, 0.1) is 18.6 Å². The number of hydrogen-bond donors (Lipinski definition) is 1. The number of sulfonamides is 1. The van der Waals surface area contributed by atoms with Gasteiger partial charge in [0, 0.05) is 0 Å². The zero-order valence-corrected chi connectivity index (χ0v) is 15.2. The van der Waals surface area contributed by atoms with E-state index in [9.17, 15) is 22.0 Å². The van der Waals surface area contributed by atoms with Crippen molar-refractivity contribution in [2.24, 2.45) is 0 Å². The molecule has 7 nitrogen and oxygen atoms in total. The second-order valence-corrected chi connectivity index (χ2v) is 7.55. The van der Waals surface area contributed by atoms with Crippen molar-refractivity contribution in [2.45, 2.75) is 11.8 Å². The minimum Gasteiger partial charge on any atom is -0.266 e. The van der Waals surface area contributed by atoms with Gasteiger partial charge in [0.15, 0.2) is 5.69 Å². The second kappa shape index (κ2) is 7.05. The van der Waals surface area contributed by atoms with E-state index >= 15 is 0 Å². The van der Waals surface area contributed by atoms with Gasteiger partial charge in [-0.15, -0.1) is 5.10 Å². The third-order valence-electron chi connectivity index (χ3n) is 3.55. The predicted molar refractivity (Wildman–Crippen MR) is 92.1 cm³/mol. The van der Waals surface area contributed by atoms with Crippen molar-refractivity contribution in [2.75, 3.05) is 0 Å². The third kappa shape index (κ3) is 3.96. The average molecular weight is 413 g/mol. The lowest BCUT2D eigenvalue weighted by Crippen LogP contribution is -2.31. The van der Waals surface area contributed by atoms with Crippen LogP contribution < -0.4 is 4.72 Å². The van der Waals surface area contributed by atoms with E-state index < -0.39 is 27.6 Å². The smallest absolute Gasteiger partial charge is 0.266 e. The summed E-state index contributed by atoms with van der Waals surface area (Å²) < 4.78 is 54.0. The second-order valence-electron chi connectivity index (χ2n) is 5.49. The maximum absolute atomic E-state index is 13.4.